The topological polar surface area (TPSA) is 123 Å². The number of hydrogen-bond donors (Lipinski definition) is 2. The van der Waals surface area contributed by atoms with E-state index in [1.54, 1.807) is 4.90 Å². The van der Waals surface area contributed by atoms with Gasteiger partial charge in [0.05, 0.1) is 4.92 Å². The van der Waals surface area contributed by atoms with Crippen molar-refractivity contribution in [2.24, 2.45) is 5.84 Å². The van der Waals surface area contributed by atoms with E-state index in [9.17, 15) is 10.1 Å². The Kier molecular flexibility index (Phi) is 4.32. The lowest BCUT2D eigenvalue weighted by Gasteiger charge is -2.04. The van der Waals surface area contributed by atoms with E-state index in [2.05, 4.69) is 20.6 Å². The number of nitrogens with one attached hydrogen (secondary N) is 1. The second-order valence-electron chi connectivity index (χ2n) is 3.77. The number of rotatable bonds is 5. The van der Waals surface area contributed by atoms with E-state index in [0.29, 0.717) is 15.3 Å². The molecule has 0 aliphatic heterocycles. The molecule has 0 amide bonds. The lowest BCUT2D eigenvalue weighted by Crippen LogP contribution is -2.09. The maximum atomic E-state index is 11.0. The molecule has 3 N–H and O–H groups in total. The van der Waals surface area contributed by atoms with Gasteiger partial charge in [0, 0.05) is 20.2 Å². The Labute approximate surface area is 122 Å². The minimum atomic E-state index is -0.497. The molecular formula is C9H11N7O2S2. The first-order valence-corrected chi connectivity index (χ1v) is 6.95. The van der Waals surface area contributed by atoms with Crippen LogP contribution in [0.25, 0.3) is 0 Å². The molecule has 11 heteroatoms. The van der Waals surface area contributed by atoms with Crippen molar-refractivity contribution in [3.63, 3.8) is 0 Å². The first-order chi connectivity index (χ1) is 9.51. The van der Waals surface area contributed by atoms with Gasteiger partial charge in [0.1, 0.15) is 5.82 Å². The van der Waals surface area contributed by atoms with Crippen LogP contribution in [0.4, 0.5) is 16.6 Å². The van der Waals surface area contributed by atoms with Gasteiger partial charge in [-0.15, -0.1) is 10.2 Å². The quantitative estimate of drug-likeness (QED) is 0.478. The van der Waals surface area contributed by atoms with Gasteiger partial charge in [0.25, 0.3) is 0 Å². The molecule has 2 heterocycles. The van der Waals surface area contributed by atoms with E-state index in [4.69, 9.17) is 5.84 Å². The number of hydrogen-bond acceptors (Lipinski definition) is 10. The molecule has 0 aliphatic carbocycles. The molecule has 2 rings (SSSR count). The van der Waals surface area contributed by atoms with Crippen LogP contribution in [0.1, 0.15) is 0 Å². The Hall–Kier alpha value is -1.98. The Morgan fingerprint density at radius 3 is 2.75 bits per heavy atom. The highest BCUT2D eigenvalue weighted by Crippen LogP contribution is 2.36. The summed E-state index contributed by atoms with van der Waals surface area (Å²) in [6, 6.07) is 2.78. The third-order valence-electron chi connectivity index (χ3n) is 2.15. The molecule has 0 saturated carbocycles. The first-order valence-electron chi connectivity index (χ1n) is 5.32. The van der Waals surface area contributed by atoms with Crippen molar-refractivity contribution in [2.75, 3.05) is 24.4 Å². The van der Waals surface area contributed by atoms with Crippen LogP contribution < -0.4 is 16.2 Å². The van der Waals surface area contributed by atoms with Gasteiger partial charge in [-0.05, 0) is 17.8 Å². The SMILES string of the molecule is CN(C)c1nnc(Sc2nc(NN)ccc2[N+](=O)[O-])s1. The van der Waals surface area contributed by atoms with E-state index >= 15 is 0 Å². The standard InChI is InChI=1S/C9H11N7O2S2/c1-15(2)8-13-14-9(20-8)19-7-5(16(17)18)3-4-6(11-7)12-10/h3-4H,10H2,1-2H3,(H,11,12). The lowest BCUT2D eigenvalue weighted by molar-refractivity contribution is -0.388. The largest absolute Gasteiger partial charge is 0.353 e. The summed E-state index contributed by atoms with van der Waals surface area (Å²) in [5, 5.41) is 19.8. The fourth-order valence-corrected chi connectivity index (χ4v) is 3.00. The summed E-state index contributed by atoms with van der Waals surface area (Å²) in [4.78, 5) is 16.4. The molecular weight excluding hydrogens is 302 g/mol. The van der Waals surface area contributed by atoms with Gasteiger partial charge in [-0.25, -0.2) is 10.8 Å². The second-order valence-corrected chi connectivity index (χ2v) is 5.96. The molecule has 106 valence electrons. The summed E-state index contributed by atoms with van der Waals surface area (Å²) in [5.74, 6) is 5.60. The highest BCUT2D eigenvalue weighted by Gasteiger charge is 2.19. The fraction of sp³-hybridized carbons (Fsp3) is 0.222. The summed E-state index contributed by atoms with van der Waals surface area (Å²) in [6.07, 6.45) is 0. The molecule has 0 aromatic carbocycles. The molecule has 0 unspecified atom stereocenters. The van der Waals surface area contributed by atoms with Crippen molar-refractivity contribution in [2.45, 2.75) is 9.37 Å². The van der Waals surface area contributed by atoms with Crippen LogP contribution in [-0.4, -0.2) is 34.2 Å². The number of hydrazine groups is 1. The van der Waals surface area contributed by atoms with E-state index < -0.39 is 4.92 Å². The van der Waals surface area contributed by atoms with Gasteiger partial charge in [-0.3, -0.25) is 10.1 Å². The lowest BCUT2D eigenvalue weighted by atomic mass is 10.4. The van der Waals surface area contributed by atoms with Crippen LogP contribution >= 0.6 is 23.1 Å². The Bertz CT molecular complexity index is 631. The zero-order valence-electron chi connectivity index (χ0n) is 10.6. The minimum Gasteiger partial charge on any atom is -0.353 e. The molecule has 0 fully saturated rings. The fourth-order valence-electron chi connectivity index (χ4n) is 1.23. The molecule has 0 radical (unpaired) electrons. The van der Waals surface area contributed by atoms with Crippen molar-refractivity contribution in [1.29, 1.82) is 0 Å². The number of nitrogen functional groups attached to an aromatic ring is 1. The van der Waals surface area contributed by atoms with Gasteiger partial charge in [0.2, 0.25) is 5.13 Å². The van der Waals surface area contributed by atoms with E-state index in [0.717, 1.165) is 11.8 Å². The zero-order valence-corrected chi connectivity index (χ0v) is 12.2. The Morgan fingerprint density at radius 1 is 1.45 bits per heavy atom. The summed E-state index contributed by atoms with van der Waals surface area (Å²) >= 11 is 2.40. The molecule has 0 bridgehead atoms. The van der Waals surface area contributed by atoms with Crippen molar-refractivity contribution in [3.05, 3.63) is 22.2 Å². The normalized spacial score (nSPS) is 10.3. The number of aromatic nitrogens is 3. The smallest absolute Gasteiger partial charge is 0.301 e. The van der Waals surface area contributed by atoms with Gasteiger partial charge >= 0.3 is 5.69 Å². The monoisotopic (exact) mass is 313 g/mol. The molecule has 9 nitrogen and oxygen atoms in total. The maximum absolute atomic E-state index is 11.0. The molecule has 0 spiro atoms. The van der Waals surface area contributed by atoms with Crippen LogP contribution in [0, 0.1) is 10.1 Å². The average Bonchev–Trinajstić information content (AvgIpc) is 2.87. The Morgan fingerprint density at radius 2 is 2.20 bits per heavy atom. The molecule has 20 heavy (non-hydrogen) atoms. The van der Waals surface area contributed by atoms with Crippen molar-refractivity contribution in [3.8, 4) is 0 Å². The van der Waals surface area contributed by atoms with E-state index in [1.807, 2.05) is 14.1 Å². The van der Waals surface area contributed by atoms with Gasteiger partial charge in [-0.2, -0.15) is 0 Å². The number of nitro groups is 1. The summed E-state index contributed by atoms with van der Waals surface area (Å²) < 4.78 is 0.568. The van der Waals surface area contributed by atoms with Crippen molar-refractivity contribution in [1.82, 2.24) is 15.2 Å². The highest BCUT2D eigenvalue weighted by molar-refractivity contribution is 8.01. The molecule has 2 aromatic rings. The first kappa shape index (κ1) is 14.4. The van der Waals surface area contributed by atoms with Gasteiger partial charge in [-0.1, -0.05) is 11.3 Å². The van der Waals surface area contributed by atoms with Crippen LogP contribution in [0.5, 0.6) is 0 Å². The van der Waals surface area contributed by atoms with E-state index in [1.165, 1.54) is 23.5 Å². The zero-order chi connectivity index (χ0) is 14.7. The van der Waals surface area contributed by atoms with Crippen LogP contribution in [-0.2, 0) is 0 Å². The van der Waals surface area contributed by atoms with Crippen LogP contribution in [0.3, 0.4) is 0 Å². The van der Waals surface area contributed by atoms with Crippen molar-refractivity contribution >= 4 is 39.7 Å². The maximum Gasteiger partial charge on any atom is 0.301 e. The predicted molar refractivity (Wildman–Crippen MR) is 77.1 cm³/mol. The van der Waals surface area contributed by atoms with Gasteiger partial charge in [0.15, 0.2) is 9.37 Å². The second kappa shape index (κ2) is 5.98. The molecule has 2 aromatic heterocycles. The Balaban J connectivity index is 2.32. The number of nitrogens with two attached hydrogens (primary N) is 1. The molecule has 0 saturated heterocycles. The molecule has 0 atom stereocenters. The van der Waals surface area contributed by atoms with Crippen molar-refractivity contribution < 1.29 is 4.92 Å². The third kappa shape index (κ3) is 3.12. The number of anilines is 2. The highest BCUT2D eigenvalue weighted by atomic mass is 32.2. The van der Waals surface area contributed by atoms with Gasteiger partial charge < -0.3 is 10.3 Å². The number of nitrogens with zero attached hydrogens (tertiary/aromatic N) is 5. The molecule has 0 aliphatic rings. The minimum absolute atomic E-state index is 0.101. The third-order valence-corrected chi connectivity index (χ3v) is 4.28. The van der Waals surface area contributed by atoms with E-state index in [-0.39, 0.29) is 10.7 Å². The predicted octanol–water partition coefficient (Wildman–Crippen LogP) is 1.34. The van der Waals surface area contributed by atoms with Crippen LogP contribution in [0.15, 0.2) is 21.5 Å². The average molecular weight is 313 g/mol. The summed E-state index contributed by atoms with van der Waals surface area (Å²) in [7, 11) is 3.68. The summed E-state index contributed by atoms with van der Waals surface area (Å²) in [6.45, 7) is 0. The summed E-state index contributed by atoms with van der Waals surface area (Å²) in [5.41, 5.74) is 2.25. The number of pyridine rings is 1. The van der Waals surface area contributed by atoms with Crippen LogP contribution in [0.2, 0.25) is 0 Å².